The molecule has 1 aliphatic heterocycles. The number of amides is 2. The van der Waals surface area contributed by atoms with Crippen LogP contribution in [0.15, 0.2) is 18.2 Å². The summed E-state index contributed by atoms with van der Waals surface area (Å²) in [5.74, 6) is 0.0713. The van der Waals surface area contributed by atoms with Gasteiger partial charge in [0.2, 0.25) is 11.8 Å². The second-order valence-corrected chi connectivity index (χ2v) is 10.3. The van der Waals surface area contributed by atoms with Crippen LogP contribution >= 0.6 is 23.2 Å². The van der Waals surface area contributed by atoms with Gasteiger partial charge in [-0.25, -0.2) is 0 Å². The number of likely N-dealkylation sites (tertiary alicyclic amines) is 1. The van der Waals surface area contributed by atoms with Gasteiger partial charge in [0, 0.05) is 31.6 Å². The highest BCUT2D eigenvalue weighted by molar-refractivity contribution is 6.42. The fourth-order valence-corrected chi connectivity index (χ4v) is 4.12. The summed E-state index contributed by atoms with van der Waals surface area (Å²) in [5.41, 5.74) is 0.525. The average molecular weight is 456 g/mol. The minimum Gasteiger partial charge on any atom is -0.341 e. The second-order valence-electron chi connectivity index (χ2n) is 9.51. The Morgan fingerprint density at radius 3 is 2.43 bits per heavy atom. The molecule has 168 valence electrons. The minimum absolute atomic E-state index is 0.114. The van der Waals surface area contributed by atoms with Crippen molar-refractivity contribution in [3.8, 4) is 0 Å². The first-order chi connectivity index (χ1) is 14.0. The molecule has 0 saturated carbocycles. The van der Waals surface area contributed by atoms with Gasteiger partial charge in [-0.3, -0.25) is 9.59 Å². The number of nitrogens with zero attached hydrogens (tertiary/aromatic N) is 3. The number of hydrogen-bond acceptors (Lipinski definition) is 3. The van der Waals surface area contributed by atoms with E-state index in [-0.39, 0.29) is 17.7 Å². The zero-order valence-electron chi connectivity index (χ0n) is 18.9. The van der Waals surface area contributed by atoms with E-state index in [9.17, 15) is 9.59 Å². The number of halogens is 2. The lowest BCUT2D eigenvalue weighted by atomic mass is 9.90. The molecule has 1 atom stereocenters. The Morgan fingerprint density at radius 1 is 1.13 bits per heavy atom. The second kappa shape index (κ2) is 10.8. The summed E-state index contributed by atoms with van der Waals surface area (Å²) in [4.78, 5) is 32.1. The molecule has 0 radical (unpaired) electrons. The Bertz CT molecular complexity index is 746. The van der Waals surface area contributed by atoms with Crippen LogP contribution in [-0.4, -0.2) is 66.8 Å². The fraction of sp³-hybridized carbons (Fsp3) is 0.652. The van der Waals surface area contributed by atoms with E-state index in [1.165, 1.54) is 0 Å². The predicted octanol–water partition coefficient (Wildman–Crippen LogP) is 4.56. The smallest absolute Gasteiger partial charge is 0.227 e. The molecule has 1 unspecified atom stereocenters. The monoisotopic (exact) mass is 455 g/mol. The standard InChI is InChI=1S/C23H35Cl2N3O2/c1-23(2,3)22(30)28-12-6-8-18(16-28)21(29)27(13-7-11-26(4)5)15-17-9-10-19(24)20(25)14-17/h9-10,14,18H,6-8,11-13,15-16H2,1-5H3. The molecular formula is C23H35Cl2N3O2. The summed E-state index contributed by atoms with van der Waals surface area (Å²) in [6, 6.07) is 5.51. The lowest BCUT2D eigenvalue weighted by molar-refractivity contribution is -0.145. The van der Waals surface area contributed by atoms with Crippen LogP contribution in [0.1, 0.15) is 45.6 Å². The van der Waals surface area contributed by atoms with E-state index in [1.54, 1.807) is 6.07 Å². The van der Waals surface area contributed by atoms with Crippen molar-refractivity contribution < 1.29 is 9.59 Å². The normalized spacial score (nSPS) is 17.3. The third kappa shape index (κ3) is 7.14. The SMILES string of the molecule is CN(C)CCCN(Cc1ccc(Cl)c(Cl)c1)C(=O)C1CCCN(C(=O)C(C)(C)C)C1. The van der Waals surface area contributed by atoms with E-state index in [0.29, 0.717) is 29.7 Å². The number of hydrogen-bond donors (Lipinski definition) is 0. The molecule has 2 rings (SSSR count). The van der Waals surface area contributed by atoms with Crippen LogP contribution in [0.5, 0.6) is 0 Å². The van der Waals surface area contributed by atoms with E-state index < -0.39 is 5.41 Å². The van der Waals surface area contributed by atoms with Crippen LogP contribution in [0.2, 0.25) is 10.0 Å². The van der Waals surface area contributed by atoms with Gasteiger partial charge in [0.1, 0.15) is 0 Å². The molecule has 1 heterocycles. The molecule has 30 heavy (non-hydrogen) atoms. The molecule has 1 aromatic carbocycles. The van der Waals surface area contributed by atoms with Crippen molar-refractivity contribution in [3.05, 3.63) is 33.8 Å². The highest BCUT2D eigenvalue weighted by Crippen LogP contribution is 2.27. The number of piperidine rings is 1. The van der Waals surface area contributed by atoms with Gasteiger partial charge in [0.25, 0.3) is 0 Å². The maximum atomic E-state index is 13.5. The zero-order valence-corrected chi connectivity index (χ0v) is 20.4. The molecule has 0 spiro atoms. The molecule has 1 saturated heterocycles. The van der Waals surface area contributed by atoms with Gasteiger partial charge in [-0.2, -0.15) is 0 Å². The van der Waals surface area contributed by atoms with Gasteiger partial charge >= 0.3 is 0 Å². The quantitative estimate of drug-likeness (QED) is 0.604. The predicted molar refractivity (Wildman–Crippen MR) is 124 cm³/mol. The van der Waals surface area contributed by atoms with E-state index in [0.717, 1.165) is 37.9 Å². The van der Waals surface area contributed by atoms with Gasteiger partial charge in [0.15, 0.2) is 0 Å². The Balaban J connectivity index is 2.13. The van der Waals surface area contributed by atoms with Gasteiger partial charge in [-0.1, -0.05) is 50.0 Å². The molecule has 2 amide bonds. The lowest BCUT2D eigenvalue weighted by Crippen LogP contribution is -2.49. The van der Waals surface area contributed by atoms with E-state index in [2.05, 4.69) is 4.90 Å². The third-order valence-electron chi connectivity index (χ3n) is 5.40. The van der Waals surface area contributed by atoms with Crippen LogP contribution in [-0.2, 0) is 16.1 Å². The van der Waals surface area contributed by atoms with Gasteiger partial charge in [-0.15, -0.1) is 0 Å². The largest absolute Gasteiger partial charge is 0.341 e. The maximum absolute atomic E-state index is 13.5. The van der Waals surface area contributed by atoms with Crippen LogP contribution in [0.25, 0.3) is 0 Å². The van der Waals surface area contributed by atoms with E-state index in [4.69, 9.17) is 23.2 Å². The summed E-state index contributed by atoms with van der Waals surface area (Å²) >= 11 is 12.2. The molecule has 7 heteroatoms. The van der Waals surface area contributed by atoms with Crippen molar-refractivity contribution in [2.75, 3.05) is 40.3 Å². The molecule has 0 aliphatic carbocycles. The summed E-state index contributed by atoms with van der Waals surface area (Å²) in [5, 5.41) is 1.00. The first-order valence-electron chi connectivity index (χ1n) is 10.7. The number of benzene rings is 1. The average Bonchev–Trinajstić information content (AvgIpc) is 2.68. The van der Waals surface area contributed by atoms with Crippen molar-refractivity contribution in [1.82, 2.24) is 14.7 Å². The van der Waals surface area contributed by atoms with Crippen molar-refractivity contribution in [2.45, 2.75) is 46.6 Å². The van der Waals surface area contributed by atoms with Crippen molar-refractivity contribution >= 4 is 35.0 Å². The number of rotatable bonds is 7. The van der Waals surface area contributed by atoms with Crippen LogP contribution in [0.3, 0.4) is 0 Å². The van der Waals surface area contributed by atoms with Crippen LogP contribution < -0.4 is 0 Å². The van der Waals surface area contributed by atoms with Crippen LogP contribution in [0.4, 0.5) is 0 Å². The Labute approximate surface area is 191 Å². The van der Waals surface area contributed by atoms with E-state index in [1.807, 2.05) is 56.8 Å². The summed E-state index contributed by atoms with van der Waals surface area (Å²) in [6.07, 6.45) is 2.56. The Hall–Kier alpha value is -1.30. The molecule has 1 aromatic rings. The first-order valence-corrected chi connectivity index (χ1v) is 11.4. The Kier molecular flexibility index (Phi) is 9.01. The first kappa shape index (κ1) is 25.0. The molecule has 5 nitrogen and oxygen atoms in total. The highest BCUT2D eigenvalue weighted by Gasteiger charge is 2.35. The number of carbonyl (C=O) groups is 2. The molecule has 1 aliphatic rings. The van der Waals surface area contributed by atoms with Crippen molar-refractivity contribution in [1.29, 1.82) is 0 Å². The molecule has 0 N–H and O–H groups in total. The van der Waals surface area contributed by atoms with Gasteiger partial charge in [0.05, 0.1) is 16.0 Å². The summed E-state index contributed by atoms with van der Waals surface area (Å²) < 4.78 is 0. The minimum atomic E-state index is -0.434. The van der Waals surface area contributed by atoms with Crippen molar-refractivity contribution in [3.63, 3.8) is 0 Å². The fourth-order valence-electron chi connectivity index (χ4n) is 3.80. The molecule has 0 bridgehead atoms. The molecular weight excluding hydrogens is 421 g/mol. The molecule has 1 fully saturated rings. The van der Waals surface area contributed by atoms with Crippen LogP contribution in [0, 0.1) is 11.3 Å². The molecule has 0 aromatic heterocycles. The van der Waals surface area contributed by atoms with Gasteiger partial charge in [-0.05, 0) is 57.6 Å². The maximum Gasteiger partial charge on any atom is 0.227 e. The van der Waals surface area contributed by atoms with Gasteiger partial charge < -0.3 is 14.7 Å². The Morgan fingerprint density at radius 2 is 1.83 bits per heavy atom. The summed E-state index contributed by atoms with van der Waals surface area (Å²) in [7, 11) is 4.06. The highest BCUT2D eigenvalue weighted by atomic mass is 35.5. The van der Waals surface area contributed by atoms with Crippen molar-refractivity contribution in [2.24, 2.45) is 11.3 Å². The summed E-state index contributed by atoms with van der Waals surface area (Å²) in [6.45, 7) is 9.09. The lowest BCUT2D eigenvalue weighted by Gasteiger charge is -2.38. The topological polar surface area (TPSA) is 43.9 Å². The third-order valence-corrected chi connectivity index (χ3v) is 6.14. The van der Waals surface area contributed by atoms with E-state index >= 15 is 0 Å². The zero-order chi connectivity index (χ0) is 22.5. The number of carbonyl (C=O) groups excluding carboxylic acids is 2.